The molecular weight excluding hydrogens is 190 g/mol. The average Bonchev–Trinajstić information content (AvgIpc) is 2.66. The third-order valence-electron chi connectivity index (χ3n) is 2.25. The molecule has 1 fully saturated rings. The highest BCUT2D eigenvalue weighted by Gasteiger charge is 2.14. The molecule has 1 saturated heterocycles. The number of rotatable bonds is 4. The molecule has 1 heterocycles. The number of guanidine groups is 1. The van der Waals surface area contributed by atoms with Gasteiger partial charge in [-0.2, -0.15) is 0 Å². The van der Waals surface area contributed by atoms with Gasteiger partial charge in [-0.25, -0.2) is 0 Å². The lowest BCUT2D eigenvalue weighted by Crippen LogP contribution is -2.41. The zero-order valence-corrected chi connectivity index (χ0v) is 10.0. The summed E-state index contributed by atoms with van der Waals surface area (Å²) in [7, 11) is 0. The molecule has 0 radical (unpaired) electrons. The summed E-state index contributed by atoms with van der Waals surface area (Å²) in [6.07, 6.45) is 2.64. The number of hydrogen-bond acceptors (Lipinski definition) is 2. The lowest BCUT2D eigenvalue weighted by Gasteiger charge is -2.15. The largest absolute Gasteiger partial charge is 0.376 e. The van der Waals surface area contributed by atoms with Crippen molar-refractivity contribution >= 4 is 5.96 Å². The van der Waals surface area contributed by atoms with Crippen LogP contribution in [0.4, 0.5) is 0 Å². The van der Waals surface area contributed by atoms with Gasteiger partial charge in [0.15, 0.2) is 5.96 Å². The van der Waals surface area contributed by atoms with Gasteiger partial charge >= 0.3 is 0 Å². The molecule has 1 rings (SSSR count). The summed E-state index contributed by atoms with van der Waals surface area (Å²) in [5.41, 5.74) is 0. The maximum Gasteiger partial charge on any atom is 0.191 e. The molecule has 1 aliphatic rings. The normalized spacial score (nSPS) is 22.1. The zero-order chi connectivity index (χ0) is 11.1. The summed E-state index contributed by atoms with van der Waals surface area (Å²) >= 11 is 0. The Bertz CT molecular complexity index is 198. The van der Waals surface area contributed by atoms with Crippen molar-refractivity contribution in [3.8, 4) is 0 Å². The van der Waals surface area contributed by atoms with Gasteiger partial charge in [0.2, 0.25) is 0 Å². The zero-order valence-electron chi connectivity index (χ0n) is 10.0. The second-order valence-electron chi connectivity index (χ2n) is 4.15. The Morgan fingerprint density at radius 1 is 1.53 bits per heavy atom. The van der Waals surface area contributed by atoms with Crippen molar-refractivity contribution in [2.75, 3.05) is 19.7 Å². The molecule has 1 aliphatic heterocycles. The summed E-state index contributed by atoms with van der Waals surface area (Å²) < 4.78 is 5.52. The van der Waals surface area contributed by atoms with E-state index in [-0.39, 0.29) is 0 Å². The molecule has 88 valence electrons. The van der Waals surface area contributed by atoms with Crippen molar-refractivity contribution in [3.05, 3.63) is 0 Å². The topological polar surface area (TPSA) is 45.7 Å². The van der Waals surface area contributed by atoms with E-state index < -0.39 is 0 Å². The first-order valence-electron chi connectivity index (χ1n) is 5.88. The Hall–Kier alpha value is -0.770. The molecule has 1 atom stereocenters. The molecular formula is C11H23N3O. The summed E-state index contributed by atoms with van der Waals surface area (Å²) in [6, 6.07) is 0.410. The predicted molar refractivity (Wildman–Crippen MR) is 63.2 cm³/mol. The number of nitrogens with one attached hydrogen (secondary N) is 2. The van der Waals surface area contributed by atoms with E-state index in [1.54, 1.807) is 0 Å². The number of ether oxygens (including phenoxy) is 1. The Labute approximate surface area is 92.5 Å². The van der Waals surface area contributed by atoms with E-state index in [0.29, 0.717) is 12.1 Å². The molecule has 15 heavy (non-hydrogen) atoms. The molecule has 0 bridgehead atoms. The van der Waals surface area contributed by atoms with Crippen LogP contribution in [0.1, 0.15) is 33.6 Å². The van der Waals surface area contributed by atoms with Gasteiger partial charge < -0.3 is 15.4 Å². The first kappa shape index (κ1) is 12.3. The molecule has 4 heteroatoms. The Morgan fingerprint density at radius 2 is 2.33 bits per heavy atom. The van der Waals surface area contributed by atoms with Crippen molar-refractivity contribution in [1.82, 2.24) is 10.6 Å². The second kappa shape index (κ2) is 6.67. The van der Waals surface area contributed by atoms with Crippen LogP contribution in [-0.2, 0) is 4.74 Å². The maximum atomic E-state index is 5.52. The monoisotopic (exact) mass is 213 g/mol. The van der Waals surface area contributed by atoms with Gasteiger partial charge in [-0.1, -0.05) is 0 Å². The SMILES string of the molecule is CCNC(=NCC1CCCO1)NC(C)C. The Morgan fingerprint density at radius 3 is 2.87 bits per heavy atom. The van der Waals surface area contributed by atoms with Gasteiger partial charge in [-0.05, 0) is 33.6 Å². The van der Waals surface area contributed by atoms with Gasteiger partial charge in [0.25, 0.3) is 0 Å². The van der Waals surface area contributed by atoms with Crippen LogP contribution in [-0.4, -0.2) is 37.8 Å². The van der Waals surface area contributed by atoms with Crippen molar-refractivity contribution in [3.63, 3.8) is 0 Å². The molecule has 1 unspecified atom stereocenters. The van der Waals surface area contributed by atoms with E-state index in [9.17, 15) is 0 Å². The molecule has 0 aliphatic carbocycles. The fourth-order valence-electron chi connectivity index (χ4n) is 1.57. The van der Waals surface area contributed by atoms with E-state index >= 15 is 0 Å². The molecule has 0 aromatic heterocycles. The minimum atomic E-state index is 0.326. The maximum absolute atomic E-state index is 5.52. The molecule has 0 saturated carbocycles. The highest BCUT2D eigenvalue weighted by Crippen LogP contribution is 2.11. The van der Waals surface area contributed by atoms with E-state index in [1.807, 2.05) is 0 Å². The smallest absolute Gasteiger partial charge is 0.191 e. The molecule has 0 amide bonds. The van der Waals surface area contributed by atoms with Crippen LogP contribution < -0.4 is 10.6 Å². The van der Waals surface area contributed by atoms with Crippen molar-refractivity contribution in [2.24, 2.45) is 4.99 Å². The van der Waals surface area contributed by atoms with Crippen LogP contribution in [0.25, 0.3) is 0 Å². The summed E-state index contributed by atoms with van der Waals surface area (Å²) in [4.78, 5) is 4.51. The molecule has 4 nitrogen and oxygen atoms in total. The summed E-state index contributed by atoms with van der Waals surface area (Å²) in [5.74, 6) is 0.892. The molecule has 2 N–H and O–H groups in total. The minimum Gasteiger partial charge on any atom is -0.376 e. The van der Waals surface area contributed by atoms with Crippen LogP contribution in [0.5, 0.6) is 0 Å². The predicted octanol–water partition coefficient (Wildman–Crippen LogP) is 1.13. The highest BCUT2D eigenvalue weighted by atomic mass is 16.5. The third-order valence-corrected chi connectivity index (χ3v) is 2.25. The van der Waals surface area contributed by atoms with Crippen LogP contribution in [0.2, 0.25) is 0 Å². The van der Waals surface area contributed by atoms with Crippen LogP contribution >= 0.6 is 0 Å². The van der Waals surface area contributed by atoms with Crippen LogP contribution in [0, 0.1) is 0 Å². The first-order valence-corrected chi connectivity index (χ1v) is 5.88. The Kier molecular flexibility index (Phi) is 5.47. The van der Waals surface area contributed by atoms with Gasteiger partial charge in [-0.3, -0.25) is 4.99 Å². The number of nitrogens with zero attached hydrogens (tertiary/aromatic N) is 1. The van der Waals surface area contributed by atoms with Crippen molar-refractivity contribution < 1.29 is 4.74 Å². The Balaban J connectivity index is 2.35. The minimum absolute atomic E-state index is 0.326. The first-order chi connectivity index (χ1) is 7.22. The van der Waals surface area contributed by atoms with Crippen molar-refractivity contribution in [1.29, 1.82) is 0 Å². The fourth-order valence-corrected chi connectivity index (χ4v) is 1.57. The van der Waals surface area contributed by atoms with Crippen LogP contribution in [0.3, 0.4) is 0 Å². The average molecular weight is 213 g/mol. The van der Waals surface area contributed by atoms with Crippen molar-refractivity contribution in [2.45, 2.75) is 45.8 Å². The van der Waals surface area contributed by atoms with Gasteiger partial charge in [0.1, 0.15) is 0 Å². The number of aliphatic imine (C=N–C) groups is 1. The second-order valence-corrected chi connectivity index (χ2v) is 4.15. The molecule has 0 spiro atoms. The van der Waals surface area contributed by atoms with Gasteiger partial charge in [0, 0.05) is 19.2 Å². The van der Waals surface area contributed by atoms with Gasteiger partial charge in [-0.15, -0.1) is 0 Å². The quantitative estimate of drug-likeness (QED) is 0.543. The van der Waals surface area contributed by atoms with Crippen LogP contribution in [0.15, 0.2) is 4.99 Å². The third kappa shape index (κ3) is 5.02. The number of hydrogen-bond donors (Lipinski definition) is 2. The van der Waals surface area contributed by atoms with E-state index in [4.69, 9.17) is 4.74 Å². The lowest BCUT2D eigenvalue weighted by molar-refractivity contribution is 0.117. The van der Waals surface area contributed by atoms with E-state index in [0.717, 1.165) is 32.1 Å². The molecule has 0 aromatic carbocycles. The fraction of sp³-hybridized carbons (Fsp3) is 0.909. The highest BCUT2D eigenvalue weighted by molar-refractivity contribution is 5.79. The van der Waals surface area contributed by atoms with Gasteiger partial charge in [0.05, 0.1) is 12.6 Å². The standard InChI is InChI=1S/C11H23N3O/c1-4-12-11(14-9(2)3)13-8-10-6-5-7-15-10/h9-10H,4-8H2,1-3H3,(H2,12,13,14). The summed E-state index contributed by atoms with van der Waals surface area (Å²) in [5, 5.41) is 6.51. The van der Waals surface area contributed by atoms with E-state index in [2.05, 4.69) is 36.4 Å². The lowest BCUT2D eigenvalue weighted by atomic mass is 10.2. The van der Waals surface area contributed by atoms with E-state index in [1.165, 1.54) is 6.42 Å². The molecule has 0 aromatic rings. The summed E-state index contributed by atoms with van der Waals surface area (Å²) in [6.45, 7) is 8.85.